The van der Waals surface area contributed by atoms with E-state index in [1.165, 1.54) is 0 Å². The number of carbonyl (C=O) groups is 2. The van der Waals surface area contributed by atoms with Crippen LogP contribution < -0.4 is 5.32 Å². The maximum Gasteiger partial charge on any atom is 0.317 e. The summed E-state index contributed by atoms with van der Waals surface area (Å²) in [4.78, 5) is 24.3. The van der Waals surface area contributed by atoms with Gasteiger partial charge in [0.05, 0.1) is 12.2 Å². The van der Waals surface area contributed by atoms with E-state index < -0.39 is 5.97 Å². The van der Waals surface area contributed by atoms with Crippen molar-refractivity contribution < 1.29 is 14.7 Å². The number of halogens is 1. The van der Waals surface area contributed by atoms with Gasteiger partial charge in [0.1, 0.15) is 0 Å². The average molecular weight is 343 g/mol. The standard InChI is InChI=1S/C14H19BrN2O3/c1-2-8-17(10-14(19)20)9-7-13(18)16-12-6-4-3-5-11(12)15/h3-6H,2,7-10H2,1H3,(H,16,18)(H,19,20). The molecule has 0 fully saturated rings. The van der Waals surface area contributed by atoms with Gasteiger partial charge in [0, 0.05) is 17.4 Å². The molecule has 0 heterocycles. The van der Waals surface area contributed by atoms with Crippen LogP contribution in [0.1, 0.15) is 19.8 Å². The summed E-state index contributed by atoms with van der Waals surface area (Å²) in [7, 11) is 0. The molecule has 0 aliphatic heterocycles. The molecule has 0 radical (unpaired) electrons. The van der Waals surface area contributed by atoms with E-state index in [2.05, 4.69) is 21.2 Å². The van der Waals surface area contributed by atoms with E-state index in [4.69, 9.17) is 5.11 Å². The minimum Gasteiger partial charge on any atom is -0.480 e. The van der Waals surface area contributed by atoms with Gasteiger partial charge in [-0.1, -0.05) is 19.1 Å². The van der Waals surface area contributed by atoms with Crippen molar-refractivity contribution in [2.24, 2.45) is 0 Å². The molecule has 1 aromatic carbocycles. The predicted octanol–water partition coefficient (Wildman–Crippen LogP) is 2.57. The fourth-order valence-corrected chi connectivity index (χ4v) is 2.20. The smallest absolute Gasteiger partial charge is 0.317 e. The number of carbonyl (C=O) groups excluding carboxylic acids is 1. The molecule has 1 aromatic rings. The van der Waals surface area contributed by atoms with E-state index in [1.54, 1.807) is 4.90 Å². The number of carboxylic acids is 1. The van der Waals surface area contributed by atoms with Crippen molar-refractivity contribution in [2.45, 2.75) is 19.8 Å². The van der Waals surface area contributed by atoms with Crippen molar-refractivity contribution in [1.82, 2.24) is 4.90 Å². The maximum absolute atomic E-state index is 11.9. The molecule has 0 bridgehead atoms. The molecule has 0 aliphatic carbocycles. The van der Waals surface area contributed by atoms with Crippen LogP contribution >= 0.6 is 15.9 Å². The summed E-state index contributed by atoms with van der Waals surface area (Å²) >= 11 is 3.36. The zero-order chi connectivity index (χ0) is 15.0. The minimum atomic E-state index is -0.871. The van der Waals surface area contributed by atoms with Crippen molar-refractivity contribution in [2.75, 3.05) is 25.0 Å². The van der Waals surface area contributed by atoms with E-state index in [-0.39, 0.29) is 18.9 Å². The summed E-state index contributed by atoms with van der Waals surface area (Å²) in [5, 5.41) is 11.6. The fraction of sp³-hybridized carbons (Fsp3) is 0.429. The van der Waals surface area contributed by atoms with Gasteiger partial charge in [0.25, 0.3) is 0 Å². The first-order valence-corrected chi connectivity index (χ1v) is 7.30. The van der Waals surface area contributed by atoms with E-state index in [0.29, 0.717) is 13.1 Å². The molecule has 0 saturated carbocycles. The summed E-state index contributed by atoms with van der Waals surface area (Å²) in [5.74, 6) is -0.993. The number of hydrogen-bond acceptors (Lipinski definition) is 3. The van der Waals surface area contributed by atoms with Gasteiger partial charge in [-0.25, -0.2) is 0 Å². The highest BCUT2D eigenvalue weighted by Crippen LogP contribution is 2.21. The molecule has 0 aromatic heterocycles. The normalized spacial score (nSPS) is 10.6. The van der Waals surface area contributed by atoms with Gasteiger partial charge in [0.15, 0.2) is 0 Å². The summed E-state index contributed by atoms with van der Waals surface area (Å²) in [6.45, 7) is 3.07. The number of nitrogens with one attached hydrogen (secondary N) is 1. The third-order valence-corrected chi connectivity index (χ3v) is 3.39. The third-order valence-electron chi connectivity index (χ3n) is 2.70. The molecule has 6 heteroatoms. The first-order valence-electron chi connectivity index (χ1n) is 6.51. The van der Waals surface area contributed by atoms with Crippen molar-refractivity contribution in [1.29, 1.82) is 0 Å². The Balaban J connectivity index is 2.45. The monoisotopic (exact) mass is 342 g/mol. The molecular weight excluding hydrogens is 324 g/mol. The van der Waals surface area contributed by atoms with Crippen LogP contribution in [0.2, 0.25) is 0 Å². The molecular formula is C14H19BrN2O3. The first kappa shape index (κ1) is 16.7. The fourth-order valence-electron chi connectivity index (χ4n) is 1.81. The number of anilines is 1. The molecule has 0 aliphatic rings. The van der Waals surface area contributed by atoms with E-state index in [9.17, 15) is 9.59 Å². The zero-order valence-corrected chi connectivity index (χ0v) is 13.0. The Kier molecular flexibility index (Phi) is 7.25. The van der Waals surface area contributed by atoms with Gasteiger partial charge in [-0.15, -0.1) is 0 Å². The Morgan fingerprint density at radius 3 is 2.60 bits per heavy atom. The van der Waals surface area contributed by atoms with Gasteiger partial charge in [-0.05, 0) is 41.0 Å². The summed E-state index contributed by atoms with van der Waals surface area (Å²) in [6.07, 6.45) is 1.13. The molecule has 0 unspecified atom stereocenters. The van der Waals surface area contributed by atoms with Crippen molar-refractivity contribution >= 4 is 33.5 Å². The zero-order valence-electron chi connectivity index (χ0n) is 11.4. The number of hydrogen-bond donors (Lipinski definition) is 2. The van der Waals surface area contributed by atoms with Gasteiger partial charge < -0.3 is 10.4 Å². The van der Waals surface area contributed by atoms with Crippen LogP contribution in [0.5, 0.6) is 0 Å². The molecule has 110 valence electrons. The Labute approximate surface area is 127 Å². The maximum atomic E-state index is 11.9. The Morgan fingerprint density at radius 2 is 2.00 bits per heavy atom. The number of para-hydroxylation sites is 1. The SMILES string of the molecule is CCCN(CCC(=O)Nc1ccccc1Br)CC(=O)O. The molecule has 0 saturated heterocycles. The largest absolute Gasteiger partial charge is 0.480 e. The molecule has 5 nitrogen and oxygen atoms in total. The average Bonchev–Trinajstić information content (AvgIpc) is 2.38. The van der Waals surface area contributed by atoms with Crippen LogP contribution in [0.3, 0.4) is 0 Å². The number of aliphatic carboxylic acids is 1. The minimum absolute atomic E-state index is 0.0316. The molecule has 1 rings (SSSR count). The molecule has 2 N–H and O–H groups in total. The Morgan fingerprint density at radius 1 is 1.30 bits per heavy atom. The van der Waals surface area contributed by atoms with Crippen LogP contribution in [0.4, 0.5) is 5.69 Å². The molecule has 0 atom stereocenters. The van der Waals surface area contributed by atoms with Gasteiger partial charge in [-0.2, -0.15) is 0 Å². The lowest BCUT2D eigenvalue weighted by atomic mass is 10.3. The van der Waals surface area contributed by atoms with Crippen LogP contribution in [0.15, 0.2) is 28.7 Å². The second kappa shape index (κ2) is 8.71. The number of amides is 1. The quantitative estimate of drug-likeness (QED) is 0.761. The van der Waals surface area contributed by atoms with Gasteiger partial charge in [-0.3, -0.25) is 14.5 Å². The predicted molar refractivity (Wildman–Crippen MR) is 81.8 cm³/mol. The molecule has 0 spiro atoms. The second-order valence-electron chi connectivity index (χ2n) is 4.45. The second-order valence-corrected chi connectivity index (χ2v) is 5.30. The van der Waals surface area contributed by atoms with E-state index in [0.717, 1.165) is 16.6 Å². The first-order chi connectivity index (χ1) is 9.52. The lowest BCUT2D eigenvalue weighted by Gasteiger charge is -2.19. The van der Waals surface area contributed by atoms with E-state index >= 15 is 0 Å². The Bertz CT molecular complexity index is 465. The third kappa shape index (κ3) is 6.16. The number of benzene rings is 1. The topological polar surface area (TPSA) is 69.6 Å². The van der Waals surface area contributed by atoms with Gasteiger partial charge in [0.2, 0.25) is 5.91 Å². The van der Waals surface area contributed by atoms with E-state index in [1.807, 2.05) is 31.2 Å². The summed E-state index contributed by atoms with van der Waals surface area (Å²) in [5.41, 5.74) is 0.720. The Hall–Kier alpha value is -1.40. The van der Waals surface area contributed by atoms with Crippen LogP contribution in [0, 0.1) is 0 Å². The lowest BCUT2D eigenvalue weighted by Crippen LogP contribution is -2.33. The highest BCUT2D eigenvalue weighted by molar-refractivity contribution is 9.10. The van der Waals surface area contributed by atoms with Crippen LogP contribution in [-0.4, -0.2) is 41.5 Å². The van der Waals surface area contributed by atoms with Crippen LogP contribution in [0.25, 0.3) is 0 Å². The number of carboxylic acid groups (broad SMARTS) is 1. The number of rotatable bonds is 8. The highest BCUT2D eigenvalue weighted by atomic mass is 79.9. The van der Waals surface area contributed by atoms with Crippen molar-refractivity contribution in [3.63, 3.8) is 0 Å². The van der Waals surface area contributed by atoms with Crippen LogP contribution in [-0.2, 0) is 9.59 Å². The highest BCUT2D eigenvalue weighted by Gasteiger charge is 2.11. The lowest BCUT2D eigenvalue weighted by molar-refractivity contribution is -0.138. The summed E-state index contributed by atoms with van der Waals surface area (Å²) in [6, 6.07) is 7.37. The molecule has 20 heavy (non-hydrogen) atoms. The van der Waals surface area contributed by atoms with Gasteiger partial charge >= 0.3 is 5.97 Å². The number of nitrogens with zero attached hydrogens (tertiary/aromatic N) is 1. The summed E-state index contributed by atoms with van der Waals surface area (Å²) < 4.78 is 0.823. The van der Waals surface area contributed by atoms with Crippen molar-refractivity contribution in [3.05, 3.63) is 28.7 Å². The molecule has 1 amide bonds. The van der Waals surface area contributed by atoms with Crippen molar-refractivity contribution in [3.8, 4) is 0 Å².